The van der Waals surface area contributed by atoms with Crippen molar-refractivity contribution in [1.29, 1.82) is 0 Å². The van der Waals surface area contributed by atoms with E-state index in [0.29, 0.717) is 43.3 Å². The van der Waals surface area contributed by atoms with Crippen LogP contribution in [0.15, 0.2) is 47.4 Å². The Morgan fingerprint density at radius 2 is 1.90 bits per heavy atom. The topological polar surface area (TPSA) is 147 Å². The van der Waals surface area contributed by atoms with Crippen LogP contribution in [0.4, 0.5) is 24.5 Å². The summed E-state index contributed by atoms with van der Waals surface area (Å²) in [5, 5.41) is 17.6. The van der Waals surface area contributed by atoms with Crippen molar-refractivity contribution in [2.24, 2.45) is 0 Å². The van der Waals surface area contributed by atoms with Crippen LogP contribution in [0.1, 0.15) is 64.9 Å². The molecule has 0 unspecified atom stereocenters. The number of rotatable bonds is 5. The smallest absolute Gasteiger partial charge is 0.416 e. The largest absolute Gasteiger partial charge is 0.505 e. The van der Waals surface area contributed by atoms with Gasteiger partial charge in [-0.15, -0.1) is 5.10 Å². The van der Waals surface area contributed by atoms with E-state index in [0.717, 1.165) is 17.7 Å². The van der Waals surface area contributed by atoms with Crippen molar-refractivity contribution in [2.75, 3.05) is 49.6 Å². The van der Waals surface area contributed by atoms with Crippen molar-refractivity contribution in [3.63, 3.8) is 0 Å². The van der Waals surface area contributed by atoms with Crippen LogP contribution in [-0.4, -0.2) is 85.4 Å². The molecule has 7 rings (SSSR count). The number of nitrogens with zero attached hydrogens (tertiary/aromatic N) is 7. The van der Waals surface area contributed by atoms with E-state index in [1.165, 1.54) is 35.8 Å². The van der Waals surface area contributed by atoms with Crippen molar-refractivity contribution < 1.29 is 32.6 Å². The highest BCUT2D eigenvalue weighted by atomic mass is 19.4. The number of pyridine rings is 1. The van der Waals surface area contributed by atoms with Gasteiger partial charge in [0.15, 0.2) is 11.5 Å². The number of aromatic nitrogens is 5. The van der Waals surface area contributed by atoms with Gasteiger partial charge in [-0.25, -0.2) is 4.98 Å². The van der Waals surface area contributed by atoms with Gasteiger partial charge < -0.3 is 25.0 Å². The molecule has 0 spiro atoms. The van der Waals surface area contributed by atoms with Crippen molar-refractivity contribution in [3.8, 4) is 5.75 Å². The maximum absolute atomic E-state index is 14.3. The fourth-order valence-corrected chi connectivity index (χ4v) is 6.79. The SMILES string of the molecule is Cc1cc(C(F)(F)F)ccc1NC(=O)[C@@H]1C[C@H](C)c2c(N3CCN(C(=O)c4ncccc4O)CC3)c(=O)n3nc(C4=CCOCC4)nc3n21. The standard InChI is InChI=1S/C33H33F3N8O5/c1-18-16-21(33(34,35)36)5-6-22(18)38-29(46)23-17-19(2)26-27(41-10-12-42(13-11-41)30(47)25-24(45)4-3-9-37-25)31(48)44-32(43(23)26)39-28(40-44)20-7-14-49-15-8-20/h3-7,9,16,19,23,45H,8,10-15,17H2,1-2H3,(H,38,46)/t19-,23-/m0/s1. The summed E-state index contributed by atoms with van der Waals surface area (Å²) in [7, 11) is 0. The first-order valence-corrected chi connectivity index (χ1v) is 15.9. The van der Waals surface area contributed by atoms with Crippen LogP contribution in [0.2, 0.25) is 0 Å². The number of nitrogens with one attached hydrogen (secondary N) is 1. The normalized spacial score (nSPS) is 19.6. The molecule has 0 radical (unpaired) electrons. The summed E-state index contributed by atoms with van der Waals surface area (Å²) in [5.74, 6) is -0.878. The number of anilines is 2. The number of hydrogen-bond donors (Lipinski definition) is 2. The minimum atomic E-state index is -4.52. The minimum Gasteiger partial charge on any atom is -0.505 e. The molecule has 0 saturated carbocycles. The molecule has 13 nitrogen and oxygen atoms in total. The third-order valence-corrected chi connectivity index (χ3v) is 9.29. The van der Waals surface area contributed by atoms with Gasteiger partial charge in [0.05, 0.1) is 24.5 Å². The lowest BCUT2D eigenvalue weighted by atomic mass is 10.0. The minimum absolute atomic E-state index is 0.0540. The molecule has 2 N–H and O–H groups in total. The van der Waals surface area contributed by atoms with Gasteiger partial charge in [0.2, 0.25) is 11.7 Å². The molecule has 4 aromatic rings. The molecule has 0 bridgehead atoms. The lowest BCUT2D eigenvalue weighted by molar-refractivity contribution is -0.137. The molecule has 2 amide bonds. The molecular formula is C33H33F3N8O5. The van der Waals surface area contributed by atoms with E-state index in [1.807, 2.05) is 17.9 Å². The molecule has 0 aliphatic carbocycles. The molecule has 1 fully saturated rings. The Labute approximate surface area is 277 Å². The van der Waals surface area contributed by atoms with E-state index in [2.05, 4.69) is 15.4 Å². The van der Waals surface area contributed by atoms with Gasteiger partial charge in [0, 0.05) is 44.0 Å². The molecule has 2 atom stereocenters. The number of halogens is 3. The van der Waals surface area contributed by atoms with Crippen LogP contribution in [0.3, 0.4) is 0 Å². The summed E-state index contributed by atoms with van der Waals surface area (Å²) in [6.45, 7) is 5.30. The number of alkyl halides is 3. The summed E-state index contributed by atoms with van der Waals surface area (Å²) < 4.78 is 48.3. The quantitative estimate of drug-likeness (QED) is 0.322. The number of ether oxygens (including phenoxy) is 1. The first-order chi connectivity index (χ1) is 23.4. The van der Waals surface area contributed by atoms with Gasteiger partial charge in [-0.1, -0.05) is 13.0 Å². The summed E-state index contributed by atoms with van der Waals surface area (Å²) in [6, 6.07) is 5.21. The van der Waals surface area contributed by atoms with E-state index in [-0.39, 0.29) is 60.6 Å². The maximum Gasteiger partial charge on any atom is 0.416 e. The number of benzene rings is 1. The summed E-state index contributed by atoms with van der Waals surface area (Å²) in [6.07, 6.45) is -0.401. The van der Waals surface area contributed by atoms with Crippen LogP contribution < -0.4 is 15.8 Å². The second-order valence-electron chi connectivity index (χ2n) is 12.4. The van der Waals surface area contributed by atoms with Gasteiger partial charge in [-0.05, 0) is 61.2 Å². The first-order valence-electron chi connectivity index (χ1n) is 15.9. The Morgan fingerprint density at radius 3 is 2.57 bits per heavy atom. The highest BCUT2D eigenvalue weighted by Gasteiger charge is 2.41. The third-order valence-electron chi connectivity index (χ3n) is 9.29. The number of carbonyl (C=O) groups is 2. The molecule has 3 aromatic heterocycles. The summed E-state index contributed by atoms with van der Waals surface area (Å²) in [4.78, 5) is 53.6. The molecular weight excluding hydrogens is 645 g/mol. The number of hydrogen-bond acceptors (Lipinski definition) is 9. The van der Waals surface area contributed by atoms with Crippen molar-refractivity contribution in [3.05, 3.63) is 81.3 Å². The predicted octanol–water partition coefficient (Wildman–Crippen LogP) is 3.77. The van der Waals surface area contributed by atoms with Crippen LogP contribution in [0.5, 0.6) is 5.75 Å². The Kier molecular flexibility index (Phi) is 8.13. The number of piperazine rings is 1. The second kappa shape index (κ2) is 12.3. The number of amides is 2. The Morgan fingerprint density at radius 1 is 1.12 bits per heavy atom. The van der Waals surface area contributed by atoms with Crippen LogP contribution in [-0.2, 0) is 15.7 Å². The average molecular weight is 679 g/mol. The molecule has 3 aliphatic rings. The van der Waals surface area contributed by atoms with Crippen LogP contribution in [0.25, 0.3) is 11.4 Å². The van der Waals surface area contributed by atoms with E-state index in [1.54, 1.807) is 9.47 Å². The zero-order chi connectivity index (χ0) is 34.6. The second-order valence-corrected chi connectivity index (χ2v) is 12.4. The summed E-state index contributed by atoms with van der Waals surface area (Å²) in [5.41, 5.74) is 0.942. The van der Waals surface area contributed by atoms with Gasteiger partial charge in [0.25, 0.3) is 11.5 Å². The third kappa shape index (κ3) is 5.79. The van der Waals surface area contributed by atoms with E-state index >= 15 is 0 Å². The molecule has 256 valence electrons. The fourth-order valence-electron chi connectivity index (χ4n) is 6.79. The van der Waals surface area contributed by atoms with Gasteiger partial charge in [-0.2, -0.15) is 22.7 Å². The Balaban J connectivity index is 1.26. The Hall–Kier alpha value is -5.25. The van der Waals surface area contributed by atoms with Gasteiger partial charge in [0.1, 0.15) is 17.5 Å². The number of fused-ring (bicyclic) bond motifs is 3. The monoisotopic (exact) mass is 678 g/mol. The van der Waals surface area contributed by atoms with Crippen LogP contribution >= 0.6 is 0 Å². The average Bonchev–Trinajstić information content (AvgIpc) is 3.68. The zero-order valence-electron chi connectivity index (χ0n) is 26.7. The highest BCUT2D eigenvalue weighted by molar-refractivity contribution is 5.96. The highest BCUT2D eigenvalue weighted by Crippen LogP contribution is 2.42. The van der Waals surface area contributed by atoms with Gasteiger partial charge >= 0.3 is 6.18 Å². The van der Waals surface area contributed by atoms with Crippen molar-refractivity contribution in [1.82, 2.24) is 29.0 Å². The first kappa shape index (κ1) is 32.3. The lowest BCUT2D eigenvalue weighted by Gasteiger charge is -2.36. The molecule has 1 aromatic carbocycles. The molecule has 16 heteroatoms. The maximum atomic E-state index is 14.3. The van der Waals surface area contributed by atoms with E-state index < -0.39 is 35.2 Å². The molecule has 49 heavy (non-hydrogen) atoms. The molecule has 3 aliphatic heterocycles. The number of carbonyl (C=O) groups excluding carboxylic acids is 2. The van der Waals surface area contributed by atoms with Gasteiger partial charge in [-0.3, -0.25) is 19.0 Å². The molecule has 1 saturated heterocycles. The molecule has 6 heterocycles. The van der Waals surface area contributed by atoms with Crippen molar-refractivity contribution >= 4 is 34.5 Å². The Bertz CT molecular complexity index is 2070. The predicted molar refractivity (Wildman–Crippen MR) is 172 cm³/mol. The van der Waals surface area contributed by atoms with Crippen LogP contribution in [0, 0.1) is 6.92 Å². The van der Waals surface area contributed by atoms with E-state index in [9.17, 15) is 32.7 Å². The fraction of sp³-hybridized carbons (Fsp3) is 0.394. The number of aryl methyl sites for hydroxylation is 1. The zero-order valence-corrected chi connectivity index (χ0v) is 26.7. The lowest BCUT2D eigenvalue weighted by Crippen LogP contribution is -2.51. The number of aromatic hydroxyl groups is 1. The van der Waals surface area contributed by atoms with Crippen molar-refractivity contribution in [2.45, 2.75) is 44.8 Å². The summed E-state index contributed by atoms with van der Waals surface area (Å²) >= 11 is 0. The van der Waals surface area contributed by atoms with E-state index in [4.69, 9.17) is 9.72 Å².